The highest BCUT2D eigenvalue weighted by atomic mass is 32.1. The lowest BCUT2D eigenvalue weighted by atomic mass is 10.1. The first-order valence-electron chi connectivity index (χ1n) is 11.3. The van der Waals surface area contributed by atoms with E-state index in [9.17, 15) is 19.2 Å². The maximum atomic E-state index is 15.0. The smallest absolute Gasteiger partial charge is 0.416 e. The number of thiol groups is 1. The standard InChI is InChI=1S/C24H26FN5O5S/c1-15(31)26-17-5-3-16(4-6-17)22(32)29-11-9-28(10-12-29)20-8-7-18(13-19(20)25)30-14-21(35-23(30)33)27(2)24(34)36/h3-8,13,21H,9-12,14H2,1-2H3,(H,26,31)(H,34,36). The van der Waals surface area contributed by atoms with E-state index in [-0.39, 0.29) is 18.4 Å². The topological polar surface area (TPSA) is 103 Å². The second-order valence-corrected chi connectivity index (χ2v) is 8.90. The lowest BCUT2D eigenvalue weighted by molar-refractivity contribution is -0.114. The van der Waals surface area contributed by atoms with Crippen LogP contribution < -0.4 is 15.1 Å². The zero-order valence-corrected chi connectivity index (χ0v) is 20.7. The first-order valence-corrected chi connectivity index (χ1v) is 11.7. The van der Waals surface area contributed by atoms with Crippen LogP contribution in [0.1, 0.15) is 17.3 Å². The van der Waals surface area contributed by atoms with Crippen molar-refractivity contribution >= 4 is 52.8 Å². The Labute approximate surface area is 213 Å². The average molecular weight is 516 g/mol. The van der Waals surface area contributed by atoms with Gasteiger partial charge in [0.25, 0.3) is 11.1 Å². The molecule has 0 aliphatic carbocycles. The van der Waals surface area contributed by atoms with Crippen LogP contribution in [0.5, 0.6) is 0 Å². The molecule has 10 nitrogen and oxygen atoms in total. The van der Waals surface area contributed by atoms with Crippen LogP contribution in [0.15, 0.2) is 42.5 Å². The molecule has 2 aliphatic heterocycles. The molecule has 1 unspecified atom stereocenters. The van der Waals surface area contributed by atoms with Crippen LogP contribution in [0.3, 0.4) is 0 Å². The van der Waals surface area contributed by atoms with Crippen molar-refractivity contribution < 1.29 is 28.3 Å². The molecule has 2 fully saturated rings. The highest BCUT2D eigenvalue weighted by molar-refractivity contribution is 7.96. The van der Waals surface area contributed by atoms with Gasteiger partial charge in [-0.2, -0.15) is 0 Å². The Balaban J connectivity index is 1.37. The van der Waals surface area contributed by atoms with Gasteiger partial charge >= 0.3 is 6.09 Å². The van der Waals surface area contributed by atoms with Crippen LogP contribution in [0.4, 0.5) is 31.0 Å². The van der Waals surface area contributed by atoms with Crippen molar-refractivity contribution in [3.63, 3.8) is 0 Å². The first kappa shape index (κ1) is 25.3. The number of hydrogen-bond donors (Lipinski definition) is 2. The lowest BCUT2D eigenvalue weighted by Gasteiger charge is -2.36. The number of ether oxygens (including phenoxy) is 1. The summed E-state index contributed by atoms with van der Waals surface area (Å²) in [6, 6.07) is 11.2. The molecule has 1 atom stereocenters. The summed E-state index contributed by atoms with van der Waals surface area (Å²) in [6.07, 6.45) is -1.48. The van der Waals surface area contributed by atoms with Crippen molar-refractivity contribution in [1.82, 2.24) is 9.80 Å². The fourth-order valence-electron chi connectivity index (χ4n) is 4.14. The summed E-state index contributed by atoms with van der Waals surface area (Å²) in [7, 11) is 1.46. The van der Waals surface area contributed by atoms with Crippen molar-refractivity contribution in [2.45, 2.75) is 13.2 Å². The molecular formula is C24H26FN5O5S. The summed E-state index contributed by atoms with van der Waals surface area (Å²) in [6.45, 7) is 3.18. The van der Waals surface area contributed by atoms with Gasteiger partial charge in [-0.25, -0.2) is 9.18 Å². The molecule has 2 aromatic carbocycles. The van der Waals surface area contributed by atoms with Crippen molar-refractivity contribution in [2.75, 3.05) is 54.9 Å². The van der Waals surface area contributed by atoms with E-state index < -0.39 is 23.4 Å². The second-order valence-electron chi connectivity index (χ2n) is 8.52. The van der Waals surface area contributed by atoms with Gasteiger partial charge in [-0.05, 0) is 42.5 Å². The van der Waals surface area contributed by atoms with E-state index >= 15 is 4.39 Å². The largest absolute Gasteiger partial charge is 0.423 e. The summed E-state index contributed by atoms with van der Waals surface area (Å²) >= 11 is 3.73. The van der Waals surface area contributed by atoms with E-state index in [0.29, 0.717) is 48.8 Å². The molecule has 0 bridgehead atoms. The van der Waals surface area contributed by atoms with Crippen LogP contribution in [0, 0.1) is 5.82 Å². The van der Waals surface area contributed by atoms with Gasteiger partial charge in [-0.15, -0.1) is 0 Å². The minimum atomic E-state index is -0.808. The Kier molecular flexibility index (Phi) is 7.34. The van der Waals surface area contributed by atoms with Crippen LogP contribution >= 0.6 is 12.6 Å². The molecule has 0 radical (unpaired) electrons. The van der Waals surface area contributed by atoms with Gasteiger partial charge in [0.1, 0.15) is 5.82 Å². The third-order valence-electron chi connectivity index (χ3n) is 6.13. The predicted molar refractivity (Wildman–Crippen MR) is 135 cm³/mol. The van der Waals surface area contributed by atoms with Crippen LogP contribution in [0.25, 0.3) is 0 Å². The van der Waals surface area contributed by atoms with Crippen LogP contribution in [0.2, 0.25) is 0 Å². The first-order chi connectivity index (χ1) is 17.1. The number of hydrogen-bond acceptors (Lipinski definition) is 6. The minimum absolute atomic E-state index is 0.0625. The number of likely N-dealkylation sites (N-methyl/N-ethyl adjacent to an activating group) is 1. The molecule has 0 saturated carbocycles. The molecule has 12 heteroatoms. The Morgan fingerprint density at radius 2 is 1.75 bits per heavy atom. The maximum absolute atomic E-state index is 15.0. The zero-order chi connectivity index (χ0) is 26.0. The highest BCUT2D eigenvalue weighted by Crippen LogP contribution is 2.29. The summed E-state index contributed by atoms with van der Waals surface area (Å²) in [5.41, 5.74) is 1.81. The van der Waals surface area contributed by atoms with E-state index in [0.717, 1.165) is 0 Å². The van der Waals surface area contributed by atoms with E-state index in [2.05, 4.69) is 17.9 Å². The number of amides is 4. The summed E-state index contributed by atoms with van der Waals surface area (Å²) in [5.74, 6) is -0.824. The van der Waals surface area contributed by atoms with Gasteiger partial charge in [0.05, 0.1) is 17.9 Å². The van der Waals surface area contributed by atoms with E-state index in [1.165, 1.54) is 29.8 Å². The Hall–Kier alpha value is -3.80. The number of carbonyl (C=O) groups is 4. The molecule has 2 heterocycles. The summed E-state index contributed by atoms with van der Waals surface area (Å²) in [4.78, 5) is 53.7. The van der Waals surface area contributed by atoms with Crippen LogP contribution in [-0.4, -0.2) is 78.9 Å². The van der Waals surface area contributed by atoms with Crippen molar-refractivity contribution in [2.24, 2.45) is 0 Å². The fourth-order valence-corrected chi connectivity index (χ4v) is 4.26. The number of nitrogens with zero attached hydrogens (tertiary/aromatic N) is 4. The zero-order valence-electron chi connectivity index (χ0n) is 19.8. The molecule has 4 amide bonds. The average Bonchev–Trinajstić information content (AvgIpc) is 3.24. The maximum Gasteiger partial charge on any atom is 0.416 e. The van der Waals surface area contributed by atoms with E-state index in [1.807, 2.05) is 4.90 Å². The molecule has 0 spiro atoms. The minimum Gasteiger partial charge on any atom is -0.423 e. The predicted octanol–water partition coefficient (Wildman–Crippen LogP) is 3.01. The van der Waals surface area contributed by atoms with Gasteiger partial charge in [-0.3, -0.25) is 24.2 Å². The van der Waals surface area contributed by atoms with E-state index in [1.54, 1.807) is 41.3 Å². The van der Waals surface area contributed by atoms with Gasteiger partial charge in [0.2, 0.25) is 5.91 Å². The van der Waals surface area contributed by atoms with Crippen molar-refractivity contribution in [3.8, 4) is 0 Å². The normalized spacial score (nSPS) is 17.6. The number of piperazine rings is 1. The molecule has 4 rings (SSSR count). The van der Waals surface area contributed by atoms with Gasteiger partial charge < -0.3 is 19.9 Å². The third kappa shape index (κ3) is 5.38. The Bertz CT molecular complexity index is 1190. The molecule has 36 heavy (non-hydrogen) atoms. The quantitative estimate of drug-likeness (QED) is 0.594. The number of benzene rings is 2. The van der Waals surface area contributed by atoms with Crippen LogP contribution in [-0.2, 0) is 9.53 Å². The van der Waals surface area contributed by atoms with Crippen molar-refractivity contribution in [1.29, 1.82) is 0 Å². The number of halogens is 1. The molecule has 2 saturated heterocycles. The number of anilines is 3. The highest BCUT2D eigenvalue weighted by Gasteiger charge is 2.36. The van der Waals surface area contributed by atoms with Gasteiger partial charge in [0.15, 0.2) is 6.23 Å². The Morgan fingerprint density at radius 3 is 2.33 bits per heavy atom. The third-order valence-corrected chi connectivity index (χ3v) is 6.45. The van der Waals surface area contributed by atoms with Gasteiger partial charge in [0, 0.05) is 51.4 Å². The van der Waals surface area contributed by atoms with E-state index in [4.69, 9.17) is 4.74 Å². The number of cyclic esters (lactones) is 1. The molecule has 2 aliphatic rings. The molecule has 1 N–H and O–H groups in total. The number of rotatable bonds is 5. The number of carbonyl (C=O) groups excluding carboxylic acids is 4. The lowest BCUT2D eigenvalue weighted by Crippen LogP contribution is -2.49. The molecule has 2 aromatic rings. The molecular weight excluding hydrogens is 489 g/mol. The Morgan fingerprint density at radius 1 is 1.08 bits per heavy atom. The fraction of sp³-hybridized carbons (Fsp3) is 0.333. The van der Waals surface area contributed by atoms with Crippen molar-refractivity contribution in [3.05, 3.63) is 53.8 Å². The summed E-state index contributed by atoms with van der Waals surface area (Å²) < 4.78 is 20.2. The molecule has 0 aromatic heterocycles. The number of nitrogens with one attached hydrogen (secondary N) is 1. The van der Waals surface area contributed by atoms with Gasteiger partial charge in [-0.1, -0.05) is 12.6 Å². The summed E-state index contributed by atoms with van der Waals surface area (Å²) in [5, 5.41) is 2.12. The second kappa shape index (κ2) is 10.4. The monoisotopic (exact) mass is 515 g/mol. The SMILES string of the molecule is CC(=O)Nc1ccc(C(=O)N2CCN(c3ccc(N4CC(N(C)C(=O)S)OC4=O)cc3F)CC2)cc1. The molecule has 190 valence electrons.